The van der Waals surface area contributed by atoms with E-state index in [0.717, 1.165) is 35.4 Å². The summed E-state index contributed by atoms with van der Waals surface area (Å²) in [6.07, 6.45) is 9.70. The van der Waals surface area contributed by atoms with Gasteiger partial charge in [0.25, 0.3) is 0 Å². The van der Waals surface area contributed by atoms with Crippen LogP contribution in [-0.2, 0) is 6.42 Å². The third kappa shape index (κ3) is 3.11. The number of nitrogens with zero attached hydrogens (tertiary/aromatic N) is 2. The monoisotopic (exact) mass is 330 g/mol. The third-order valence-corrected chi connectivity index (χ3v) is 4.22. The maximum atomic E-state index is 6.08. The van der Waals surface area contributed by atoms with Crippen molar-refractivity contribution in [1.29, 1.82) is 0 Å². The lowest BCUT2D eigenvalue weighted by molar-refractivity contribution is 0.415. The van der Waals surface area contributed by atoms with Crippen LogP contribution in [0.3, 0.4) is 0 Å². The lowest BCUT2D eigenvalue weighted by Crippen LogP contribution is -1.99. The highest BCUT2D eigenvalue weighted by atomic mass is 16.5. The molecule has 4 nitrogen and oxygen atoms in total. The number of para-hydroxylation sites is 1. The molecule has 0 saturated heterocycles. The molecule has 1 aliphatic rings. The Hall–Kier alpha value is -3.14. The van der Waals surface area contributed by atoms with E-state index in [1.807, 2.05) is 42.5 Å². The Labute approximate surface area is 146 Å². The summed E-state index contributed by atoms with van der Waals surface area (Å²) in [7, 11) is 1.66. The van der Waals surface area contributed by atoms with Crippen LogP contribution >= 0.6 is 0 Å². The summed E-state index contributed by atoms with van der Waals surface area (Å²) in [5.74, 6) is 2.03. The van der Waals surface area contributed by atoms with E-state index in [0.29, 0.717) is 11.6 Å². The molecule has 0 atom stereocenters. The van der Waals surface area contributed by atoms with Crippen molar-refractivity contribution in [3.63, 3.8) is 0 Å². The molecule has 2 heterocycles. The Morgan fingerprint density at radius 2 is 1.88 bits per heavy atom. The van der Waals surface area contributed by atoms with Crippen LogP contribution in [0.2, 0.25) is 0 Å². The molecule has 1 aliphatic carbocycles. The van der Waals surface area contributed by atoms with E-state index in [1.54, 1.807) is 19.5 Å². The van der Waals surface area contributed by atoms with Crippen LogP contribution in [0.4, 0.5) is 0 Å². The summed E-state index contributed by atoms with van der Waals surface area (Å²) in [5, 5.41) is 0. The van der Waals surface area contributed by atoms with Crippen LogP contribution in [0.25, 0.3) is 17.2 Å². The second-order valence-electron chi connectivity index (χ2n) is 5.81. The van der Waals surface area contributed by atoms with Crippen LogP contribution in [0.15, 0.2) is 60.9 Å². The largest absolute Gasteiger partial charge is 0.496 e. The molecule has 0 N–H and O–H groups in total. The van der Waals surface area contributed by atoms with Gasteiger partial charge in [0.05, 0.1) is 19.0 Å². The lowest BCUT2D eigenvalue weighted by Gasteiger charge is -2.14. The van der Waals surface area contributed by atoms with Gasteiger partial charge >= 0.3 is 0 Å². The summed E-state index contributed by atoms with van der Waals surface area (Å²) in [6, 6.07) is 13.8. The molecule has 0 amide bonds. The van der Waals surface area contributed by atoms with Gasteiger partial charge in [-0.3, -0.25) is 4.98 Å². The van der Waals surface area contributed by atoms with Crippen LogP contribution < -0.4 is 9.47 Å². The standard InChI is InChI=1S/C21H18N2O2/c1-24-20-11-5-3-8-17(20)18-9-6-12-22-21(18)25-16-13-15-7-2-4-10-19(15)23-14-16/h3-6,8-14H,2,7H2,1H3. The molecule has 0 unspecified atom stereocenters. The molecule has 4 rings (SSSR count). The Balaban J connectivity index is 1.71. The van der Waals surface area contributed by atoms with Crippen molar-refractivity contribution in [2.24, 2.45) is 0 Å². The second-order valence-corrected chi connectivity index (χ2v) is 5.81. The minimum Gasteiger partial charge on any atom is -0.496 e. The average molecular weight is 330 g/mol. The summed E-state index contributed by atoms with van der Waals surface area (Å²) >= 11 is 0. The zero-order valence-corrected chi connectivity index (χ0v) is 14.0. The zero-order valence-electron chi connectivity index (χ0n) is 14.0. The fourth-order valence-electron chi connectivity index (χ4n) is 2.99. The van der Waals surface area contributed by atoms with E-state index in [-0.39, 0.29) is 0 Å². The molecular formula is C21H18N2O2. The Morgan fingerprint density at radius 3 is 2.80 bits per heavy atom. The number of benzene rings is 1. The number of pyridine rings is 2. The van der Waals surface area contributed by atoms with E-state index in [2.05, 4.69) is 22.1 Å². The van der Waals surface area contributed by atoms with Crippen molar-refractivity contribution in [3.8, 4) is 28.5 Å². The number of rotatable bonds is 4. The summed E-state index contributed by atoms with van der Waals surface area (Å²) in [4.78, 5) is 8.91. The van der Waals surface area contributed by atoms with Gasteiger partial charge in [0.15, 0.2) is 0 Å². The van der Waals surface area contributed by atoms with Crippen LogP contribution in [0, 0.1) is 0 Å². The van der Waals surface area contributed by atoms with Crippen molar-refractivity contribution in [1.82, 2.24) is 9.97 Å². The number of aryl methyl sites for hydroxylation is 1. The molecule has 0 bridgehead atoms. The number of aromatic nitrogens is 2. The first-order chi connectivity index (χ1) is 12.3. The molecule has 3 aromatic rings. The van der Waals surface area contributed by atoms with Crippen LogP contribution in [0.5, 0.6) is 17.4 Å². The van der Waals surface area contributed by atoms with Crippen molar-refractivity contribution in [2.45, 2.75) is 12.8 Å². The predicted octanol–water partition coefficient (Wildman–Crippen LogP) is 4.90. The van der Waals surface area contributed by atoms with Crippen molar-refractivity contribution >= 4 is 6.08 Å². The average Bonchev–Trinajstić information content (AvgIpc) is 2.68. The van der Waals surface area contributed by atoms with Gasteiger partial charge in [0.1, 0.15) is 11.5 Å². The number of hydrogen-bond donors (Lipinski definition) is 0. The molecule has 0 radical (unpaired) electrons. The number of fused-ring (bicyclic) bond motifs is 1. The smallest absolute Gasteiger partial charge is 0.227 e. The minimum absolute atomic E-state index is 0.542. The molecule has 0 saturated carbocycles. The van der Waals surface area contributed by atoms with Gasteiger partial charge in [-0.05, 0) is 48.7 Å². The SMILES string of the molecule is COc1ccccc1-c1cccnc1Oc1cnc2c(c1)CCC=C2. The highest BCUT2D eigenvalue weighted by molar-refractivity contribution is 5.74. The van der Waals surface area contributed by atoms with Gasteiger partial charge < -0.3 is 9.47 Å². The highest BCUT2D eigenvalue weighted by Crippen LogP contribution is 2.36. The first kappa shape index (κ1) is 15.4. The first-order valence-electron chi connectivity index (χ1n) is 8.27. The molecule has 25 heavy (non-hydrogen) atoms. The Bertz CT molecular complexity index is 935. The number of methoxy groups -OCH3 is 1. The molecule has 4 heteroatoms. The van der Waals surface area contributed by atoms with Crippen molar-refractivity contribution < 1.29 is 9.47 Å². The second kappa shape index (κ2) is 6.77. The molecule has 124 valence electrons. The van der Waals surface area contributed by atoms with E-state index in [9.17, 15) is 0 Å². The molecule has 0 fully saturated rings. The maximum absolute atomic E-state index is 6.08. The molecule has 0 aliphatic heterocycles. The highest BCUT2D eigenvalue weighted by Gasteiger charge is 2.14. The van der Waals surface area contributed by atoms with Gasteiger partial charge in [-0.2, -0.15) is 0 Å². The third-order valence-electron chi connectivity index (χ3n) is 4.22. The molecule has 1 aromatic carbocycles. The van der Waals surface area contributed by atoms with Crippen molar-refractivity contribution in [2.75, 3.05) is 7.11 Å². The molecule has 0 spiro atoms. The minimum atomic E-state index is 0.542. The number of ether oxygens (including phenoxy) is 2. The van der Waals surface area contributed by atoms with E-state index < -0.39 is 0 Å². The van der Waals surface area contributed by atoms with Crippen molar-refractivity contribution in [3.05, 3.63) is 72.2 Å². The van der Waals surface area contributed by atoms with Crippen LogP contribution in [-0.4, -0.2) is 17.1 Å². The predicted molar refractivity (Wildman–Crippen MR) is 97.9 cm³/mol. The lowest BCUT2D eigenvalue weighted by atomic mass is 10.0. The quantitative estimate of drug-likeness (QED) is 0.682. The molecule has 2 aromatic heterocycles. The van der Waals surface area contributed by atoms with Gasteiger partial charge in [-0.15, -0.1) is 0 Å². The first-order valence-corrected chi connectivity index (χ1v) is 8.27. The van der Waals surface area contributed by atoms with Crippen LogP contribution in [0.1, 0.15) is 17.7 Å². The van der Waals surface area contributed by atoms with Gasteiger partial charge in [-0.1, -0.05) is 24.3 Å². The maximum Gasteiger partial charge on any atom is 0.227 e. The van der Waals surface area contributed by atoms with E-state index >= 15 is 0 Å². The normalized spacial score (nSPS) is 12.5. The fourth-order valence-corrected chi connectivity index (χ4v) is 2.99. The topological polar surface area (TPSA) is 44.2 Å². The Kier molecular flexibility index (Phi) is 4.17. The van der Waals surface area contributed by atoms with E-state index in [1.165, 1.54) is 5.56 Å². The van der Waals surface area contributed by atoms with Gasteiger partial charge in [0.2, 0.25) is 5.88 Å². The summed E-state index contributed by atoms with van der Waals surface area (Å²) in [6.45, 7) is 0. The number of allylic oxidation sites excluding steroid dienone is 1. The number of hydrogen-bond acceptors (Lipinski definition) is 4. The molecular weight excluding hydrogens is 312 g/mol. The summed E-state index contributed by atoms with van der Waals surface area (Å²) < 4.78 is 11.6. The van der Waals surface area contributed by atoms with E-state index in [4.69, 9.17) is 9.47 Å². The Morgan fingerprint density at radius 1 is 1.00 bits per heavy atom. The van der Waals surface area contributed by atoms with Gasteiger partial charge in [0, 0.05) is 17.3 Å². The fraction of sp³-hybridized carbons (Fsp3) is 0.143. The summed E-state index contributed by atoms with van der Waals surface area (Å²) in [5.41, 5.74) is 4.05. The zero-order chi connectivity index (χ0) is 17.1. The van der Waals surface area contributed by atoms with Gasteiger partial charge in [-0.25, -0.2) is 4.98 Å².